The molecule has 50 heavy (non-hydrogen) atoms. The summed E-state index contributed by atoms with van der Waals surface area (Å²) >= 11 is 5.87. The molecule has 0 aliphatic carbocycles. The van der Waals surface area contributed by atoms with E-state index >= 15 is 0 Å². The highest BCUT2D eigenvalue weighted by atomic mass is 35.5. The molecule has 2 N–H and O–H groups in total. The number of carbonyl (C=O) groups is 1. The quantitative estimate of drug-likeness (QED) is 0.162. The number of fused-ring (bicyclic) bond motifs is 2. The number of amides is 1. The van der Waals surface area contributed by atoms with Gasteiger partial charge in [-0.15, -0.1) is 0 Å². The number of nitrogens with one attached hydrogen (secondary N) is 2. The topological polar surface area (TPSA) is 123 Å². The number of imidazole rings is 1. The molecule has 2 aromatic carbocycles. The fourth-order valence-corrected chi connectivity index (χ4v) is 6.46. The minimum atomic E-state index is -0.406. The Morgan fingerprint density at radius 1 is 1.10 bits per heavy atom. The lowest BCUT2D eigenvalue weighted by atomic mass is 10.0. The Kier molecular flexibility index (Phi) is 8.73. The van der Waals surface area contributed by atoms with Gasteiger partial charge < -0.3 is 19.4 Å². The van der Waals surface area contributed by atoms with Crippen LogP contribution >= 0.6 is 11.6 Å². The molecule has 1 saturated heterocycles. The molecule has 0 bridgehead atoms. The summed E-state index contributed by atoms with van der Waals surface area (Å²) in [5.41, 5.74) is 7.37. The minimum absolute atomic E-state index is 0.0618. The first kappa shape index (κ1) is 32.1. The van der Waals surface area contributed by atoms with Gasteiger partial charge in [0.1, 0.15) is 35.0 Å². The van der Waals surface area contributed by atoms with Crippen molar-refractivity contribution in [2.75, 3.05) is 25.0 Å². The van der Waals surface area contributed by atoms with E-state index in [1.54, 1.807) is 30.3 Å². The number of benzene rings is 2. The zero-order valence-electron chi connectivity index (χ0n) is 27.3. The molecule has 254 valence electrons. The van der Waals surface area contributed by atoms with E-state index in [1.165, 1.54) is 6.07 Å². The van der Waals surface area contributed by atoms with Gasteiger partial charge in [-0.05, 0) is 73.9 Å². The molecule has 4 aromatic heterocycles. The summed E-state index contributed by atoms with van der Waals surface area (Å²) in [7, 11) is 0. The Bertz CT molecular complexity index is 2260. The van der Waals surface area contributed by atoms with Gasteiger partial charge in [-0.25, -0.2) is 19.3 Å². The van der Waals surface area contributed by atoms with E-state index in [-0.39, 0.29) is 18.6 Å². The summed E-state index contributed by atoms with van der Waals surface area (Å²) in [6.45, 7) is 5.65. The van der Waals surface area contributed by atoms with Crippen molar-refractivity contribution in [1.82, 2.24) is 34.6 Å². The van der Waals surface area contributed by atoms with Gasteiger partial charge in [0.05, 0.1) is 41.6 Å². The predicted molar refractivity (Wildman–Crippen MR) is 189 cm³/mol. The molecule has 6 heterocycles. The number of H-pyrrole nitrogens is 1. The zero-order valence-corrected chi connectivity index (χ0v) is 28.1. The number of nitrogens with zero attached hydrogens (tertiary/aromatic N) is 6. The number of carbonyl (C=O) groups excluding carboxylic acids is 1. The molecule has 1 fully saturated rings. The van der Waals surface area contributed by atoms with E-state index in [0.29, 0.717) is 39.9 Å². The summed E-state index contributed by atoms with van der Waals surface area (Å²) < 4.78 is 28.1. The van der Waals surface area contributed by atoms with Crippen molar-refractivity contribution in [2.45, 2.75) is 45.6 Å². The number of aryl methyl sites for hydroxylation is 1. The van der Waals surface area contributed by atoms with Crippen molar-refractivity contribution >= 4 is 50.8 Å². The summed E-state index contributed by atoms with van der Waals surface area (Å²) in [5.74, 6) is 0.679. The molecule has 2 aliphatic heterocycles. The van der Waals surface area contributed by atoms with E-state index in [2.05, 4.69) is 36.0 Å². The molecule has 0 saturated carbocycles. The predicted octanol–water partition coefficient (Wildman–Crippen LogP) is 6.71. The zero-order chi connectivity index (χ0) is 34.2. The van der Waals surface area contributed by atoms with Crippen molar-refractivity contribution in [3.63, 3.8) is 0 Å². The number of aromatic nitrogens is 6. The van der Waals surface area contributed by atoms with Crippen LogP contribution in [0.2, 0.25) is 5.02 Å². The molecular formula is C37H34ClFN8O3. The first-order valence-corrected chi connectivity index (χ1v) is 16.9. The highest BCUT2D eigenvalue weighted by molar-refractivity contribution is 6.30. The van der Waals surface area contributed by atoms with Crippen molar-refractivity contribution in [3.8, 4) is 5.88 Å². The summed E-state index contributed by atoms with van der Waals surface area (Å²) in [6.07, 6.45) is 4.17. The summed E-state index contributed by atoms with van der Waals surface area (Å²) in [4.78, 5) is 29.7. The van der Waals surface area contributed by atoms with Crippen LogP contribution < -0.4 is 10.1 Å². The van der Waals surface area contributed by atoms with Gasteiger partial charge in [-0.1, -0.05) is 29.8 Å². The van der Waals surface area contributed by atoms with Crippen molar-refractivity contribution < 1.29 is 18.7 Å². The molecule has 0 radical (unpaired) electrons. The number of anilines is 1. The van der Waals surface area contributed by atoms with Crippen LogP contribution in [0.15, 0.2) is 72.8 Å². The SMILES string of the molecule is Cc1[nH]nc2ccc(C(=O)Nc3ccc4c(c3)nc(CN3CC=C(c5cccc(OCc6ccc(Cl)cc6F)n5)CC3)n4C[C@@H]3CCO3)nc12. The molecule has 1 atom stereocenters. The van der Waals surface area contributed by atoms with E-state index in [9.17, 15) is 9.18 Å². The van der Waals surface area contributed by atoms with Gasteiger partial charge in [0.15, 0.2) is 0 Å². The number of hydrogen-bond acceptors (Lipinski definition) is 8. The van der Waals surface area contributed by atoms with Gasteiger partial charge >= 0.3 is 0 Å². The fourth-order valence-electron chi connectivity index (χ4n) is 6.30. The summed E-state index contributed by atoms with van der Waals surface area (Å²) in [5, 5.41) is 10.4. The standard InChI is InChI=1S/C37H34ClFN8O3/c1-22-36-30(45-44-22)8-9-31(43-36)37(48)40-26-7-10-33-32(18-26)41-34(47(33)19-27-13-16-49-27)20-46-14-11-23(12-15-46)29-3-2-4-35(42-29)50-21-24-5-6-25(38)17-28(24)39/h2-11,17-18,27H,12-16,19-21H2,1H3,(H,40,48)(H,44,45)/t27-/m0/s1. The first-order valence-electron chi connectivity index (χ1n) is 16.6. The van der Waals surface area contributed by atoms with Crippen molar-refractivity contribution in [2.24, 2.45) is 0 Å². The Labute approximate surface area is 292 Å². The monoisotopic (exact) mass is 692 g/mol. The van der Waals surface area contributed by atoms with Crippen LogP contribution in [0.1, 0.15) is 46.1 Å². The van der Waals surface area contributed by atoms with E-state index in [4.69, 9.17) is 31.0 Å². The second-order valence-corrected chi connectivity index (χ2v) is 13.0. The summed E-state index contributed by atoms with van der Waals surface area (Å²) in [6, 6.07) is 19.5. The molecule has 8 rings (SSSR count). The van der Waals surface area contributed by atoms with Gasteiger partial charge in [0.2, 0.25) is 5.88 Å². The van der Waals surface area contributed by atoms with E-state index in [0.717, 1.165) is 78.4 Å². The normalized spacial score (nSPS) is 16.4. The van der Waals surface area contributed by atoms with Crippen LogP contribution in [0.4, 0.5) is 10.1 Å². The van der Waals surface area contributed by atoms with E-state index in [1.807, 2.05) is 37.3 Å². The van der Waals surface area contributed by atoms with Gasteiger partial charge in [0.25, 0.3) is 5.91 Å². The van der Waals surface area contributed by atoms with Crippen molar-refractivity contribution in [3.05, 3.63) is 112 Å². The van der Waals surface area contributed by atoms with Crippen LogP contribution in [0.5, 0.6) is 5.88 Å². The van der Waals surface area contributed by atoms with Gasteiger partial charge in [0, 0.05) is 42.0 Å². The number of rotatable bonds is 10. The highest BCUT2D eigenvalue weighted by Crippen LogP contribution is 2.28. The largest absolute Gasteiger partial charge is 0.473 e. The Balaban J connectivity index is 0.962. The Hall–Kier alpha value is -5.17. The molecule has 1 amide bonds. The second-order valence-electron chi connectivity index (χ2n) is 12.6. The third-order valence-electron chi connectivity index (χ3n) is 9.17. The maximum absolute atomic E-state index is 14.2. The molecule has 13 heteroatoms. The van der Waals surface area contributed by atoms with Gasteiger partial charge in [-0.3, -0.25) is 14.8 Å². The average Bonchev–Trinajstić information content (AvgIpc) is 3.64. The van der Waals surface area contributed by atoms with Crippen LogP contribution in [0.3, 0.4) is 0 Å². The molecule has 11 nitrogen and oxygen atoms in total. The maximum atomic E-state index is 14.2. The van der Waals surface area contributed by atoms with Crippen LogP contribution in [-0.2, 0) is 24.4 Å². The second kappa shape index (κ2) is 13.6. The van der Waals surface area contributed by atoms with Crippen LogP contribution in [0, 0.1) is 12.7 Å². The van der Waals surface area contributed by atoms with Gasteiger partial charge in [-0.2, -0.15) is 5.10 Å². The molecule has 0 unspecified atom stereocenters. The Morgan fingerprint density at radius 2 is 2.00 bits per heavy atom. The number of halogens is 2. The lowest BCUT2D eigenvalue weighted by Crippen LogP contribution is -2.33. The van der Waals surface area contributed by atoms with Crippen LogP contribution in [0.25, 0.3) is 27.6 Å². The van der Waals surface area contributed by atoms with Crippen molar-refractivity contribution in [1.29, 1.82) is 0 Å². The minimum Gasteiger partial charge on any atom is -0.473 e. The van der Waals surface area contributed by atoms with E-state index < -0.39 is 5.82 Å². The first-order chi connectivity index (χ1) is 24.4. The molecule has 0 spiro atoms. The number of ether oxygens (including phenoxy) is 2. The molecule has 6 aromatic rings. The maximum Gasteiger partial charge on any atom is 0.274 e. The highest BCUT2D eigenvalue weighted by Gasteiger charge is 2.24. The number of pyridine rings is 2. The fraction of sp³-hybridized carbons (Fsp3) is 0.270. The average molecular weight is 693 g/mol. The van der Waals surface area contributed by atoms with Crippen LogP contribution in [-0.4, -0.2) is 66.3 Å². The number of hydrogen-bond donors (Lipinski definition) is 2. The lowest BCUT2D eigenvalue weighted by Gasteiger charge is -2.29. The molecular weight excluding hydrogens is 659 g/mol. The Morgan fingerprint density at radius 3 is 2.80 bits per heavy atom. The third kappa shape index (κ3) is 6.69. The third-order valence-corrected chi connectivity index (χ3v) is 9.41. The number of aromatic amines is 1. The lowest BCUT2D eigenvalue weighted by molar-refractivity contribution is -0.0591. The molecule has 2 aliphatic rings. The smallest absolute Gasteiger partial charge is 0.274 e.